The van der Waals surface area contributed by atoms with Gasteiger partial charge < -0.3 is 4.74 Å². The second kappa shape index (κ2) is 5.98. The highest BCUT2D eigenvalue weighted by Gasteiger charge is 2.28. The molecule has 0 atom stereocenters. The number of esters is 1. The Labute approximate surface area is 114 Å². The van der Waals surface area contributed by atoms with Crippen LogP contribution < -0.4 is 0 Å². The number of carbonyl (C=O) groups excluding carboxylic acids is 1. The number of alkyl halides is 2. The van der Waals surface area contributed by atoms with E-state index in [1.165, 1.54) is 29.5 Å². The van der Waals surface area contributed by atoms with E-state index in [0.29, 0.717) is 0 Å². The summed E-state index contributed by atoms with van der Waals surface area (Å²) in [6.45, 7) is 1.46. The molecule has 1 rings (SSSR count). The SMILES string of the molecule is CCOC(=O)c1nc(C(F)F)c(I)cc1[N+](=O)[O-]. The quantitative estimate of drug-likeness (QED) is 0.351. The number of hydrogen-bond acceptors (Lipinski definition) is 5. The summed E-state index contributed by atoms with van der Waals surface area (Å²) in [5.74, 6) is -1.09. The molecule has 0 bridgehead atoms. The van der Waals surface area contributed by atoms with E-state index >= 15 is 0 Å². The molecule has 1 heterocycles. The summed E-state index contributed by atoms with van der Waals surface area (Å²) >= 11 is 1.50. The minimum absolute atomic E-state index is 0.0341. The second-order valence-electron chi connectivity index (χ2n) is 3.00. The Hall–Kier alpha value is -1.39. The van der Waals surface area contributed by atoms with Crippen molar-refractivity contribution in [1.29, 1.82) is 0 Å². The lowest BCUT2D eigenvalue weighted by atomic mass is 10.2. The Morgan fingerprint density at radius 1 is 1.67 bits per heavy atom. The summed E-state index contributed by atoms with van der Waals surface area (Å²) in [6, 6.07) is 0.876. The largest absolute Gasteiger partial charge is 0.461 e. The summed E-state index contributed by atoms with van der Waals surface area (Å²) in [5, 5.41) is 10.7. The van der Waals surface area contributed by atoms with Crippen molar-refractivity contribution < 1.29 is 23.2 Å². The van der Waals surface area contributed by atoms with Crippen LogP contribution in [0.2, 0.25) is 0 Å². The smallest absolute Gasteiger partial charge is 0.364 e. The molecule has 0 radical (unpaired) electrons. The predicted octanol–water partition coefficient (Wildman–Crippen LogP) is 2.71. The first-order valence-electron chi connectivity index (χ1n) is 4.68. The van der Waals surface area contributed by atoms with Crippen molar-refractivity contribution in [1.82, 2.24) is 4.98 Å². The maximum atomic E-state index is 12.6. The van der Waals surface area contributed by atoms with Crippen molar-refractivity contribution in [2.45, 2.75) is 13.3 Å². The molecule has 0 saturated carbocycles. The number of aromatic nitrogens is 1. The highest BCUT2D eigenvalue weighted by atomic mass is 127. The van der Waals surface area contributed by atoms with Crippen LogP contribution in [0, 0.1) is 13.7 Å². The molecule has 6 nitrogen and oxygen atoms in total. The molecule has 0 fully saturated rings. The number of nitro groups is 1. The van der Waals surface area contributed by atoms with E-state index in [-0.39, 0.29) is 10.2 Å². The van der Waals surface area contributed by atoms with Crippen LogP contribution in [-0.4, -0.2) is 22.5 Å². The molecular formula is C9H7F2IN2O4. The van der Waals surface area contributed by atoms with Crippen LogP contribution in [0.5, 0.6) is 0 Å². The molecule has 0 aliphatic rings. The monoisotopic (exact) mass is 372 g/mol. The van der Waals surface area contributed by atoms with Gasteiger partial charge in [-0.15, -0.1) is 0 Å². The Balaban J connectivity index is 3.40. The Kier molecular flexibility index (Phi) is 4.87. The van der Waals surface area contributed by atoms with Gasteiger partial charge in [0.15, 0.2) is 0 Å². The fourth-order valence-corrected chi connectivity index (χ4v) is 1.79. The molecule has 98 valence electrons. The number of pyridine rings is 1. The topological polar surface area (TPSA) is 82.3 Å². The van der Waals surface area contributed by atoms with Gasteiger partial charge in [-0.1, -0.05) is 0 Å². The highest BCUT2D eigenvalue weighted by Crippen LogP contribution is 2.28. The van der Waals surface area contributed by atoms with Crippen LogP contribution in [-0.2, 0) is 4.74 Å². The van der Waals surface area contributed by atoms with Crippen LogP contribution in [0.1, 0.15) is 29.5 Å². The highest BCUT2D eigenvalue weighted by molar-refractivity contribution is 14.1. The number of carbonyl (C=O) groups is 1. The molecule has 0 aliphatic carbocycles. The summed E-state index contributed by atoms with van der Waals surface area (Å²) in [6.07, 6.45) is -2.93. The molecule has 0 saturated heterocycles. The molecule has 1 aromatic heterocycles. The maximum Gasteiger partial charge on any atom is 0.364 e. The van der Waals surface area contributed by atoms with Gasteiger partial charge in [-0.05, 0) is 29.5 Å². The molecule has 9 heteroatoms. The fraction of sp³-hybridized carbons (Fsp3) is 0.333. The maximum absolute atomic E-state index is 12.6. The zero-order chi connectivity index (χ0) is 13.9. The first kappa shape index (κ1) is 14.7. The van der Waals surface area contributed by atoms with Crippen LogP contribution in [0.3, 0.4) is 0 Å². The Bertz CT molecular complexity index is 496. The third-order valence-electron chi connectivity index (χ3n) is 1.86. The summed E-state index contributed by atoms with van der Waals surface area (Å²) in [7, 11) is 0. The van der Waals surface area contributed by atoms with Crippen LogP contribution in [0.4, 0.5) is 14.5 Å². The van der Waals surface area contributed by atoms with E-state index in [1.54, 1.807) is 0 Å². The lowest BCUT2D eigenvalue weighted by molar-refractivity contribution is -0.385. The van der Waals surface area contributed by atoms with Crippen molar-refractivity contribution in [3.8, 4) is 0 Å². The predicted molar refractivity (Wildman–Crippen MR) is 64.5 cm³/mol. The fourth-order valence-electron chi connectivity index (χ4n) is 1.14. The van der Waals surface area contributed by atoms with Crippen LogP contribution >= 0.6 is 22.6 Å². The second-order valence-corrected chi connectivity index (χ2v) is 4.16. The number of hydrogen-bond donors (Lipinski definition) is 0. The molecule has 0 amide bonds. The van der Waals surface area contributed by atoms with E-state index in [9.17, 15) is 23.7 Å². The molecule has 0 N–H and O–H groups in total. The lowest BCUT2D eigenvalue weighted by Gasteiger charge is -2.06. The number of halogens is 3. The molecule has 0 unspecified atom stereocenters. The van der Waals surface area contributed by atoms with E-state index in [0.717, 1.165) is 6.07 Å². The number of nitrogens with zero attached hydrogens (tertiary/aromatic N) is 2. The van der Waals surface area contributed by atoms with Crippen molar-refractivity contribution in [3.05, 3.63) is 31.1 Å². The number of rotatable bonds is 4. The van der Waals surface area contributed by atoms with E-state index in [2.05, 4.69) is 9.72 Å². The van der Waals surface area contributed by atoms with Gasteiger partial charge in [-0.3, -0.25) is 10.1 Å². The molecule has 0 spiro atoms. The van der Waals surface area contributed by atoms with Crippen molar-refractivity contribution >= 4 is 34.2 Å². The van der Waals surface area contributed by atoms with Crippen molar-refractivity contribution in [2.24, 2.45) is 0 Å². The van der Waals surface area contributed by atoms with Gasteiger partial charge in [0.1, 0.15) is 5.69 Å². The minimum atomic E-state index is -2.93. The molecular weight excluding hydrogens is 365 g/mol. The lowest BCUT2D eigenvalue weighted by Crippen LogP contribution is -2.13. The van der Waals surface area contributed by atoms with Gasteiger partial charge in [0.25, 0.3) is 6.43 Å². The summed E-state index contributed by atoms with van der Waals surface area (Å²) in [5.41, 5.74) is -2.04. The average Bonchev–Trinajstić information content (AvgIpc) is 2.28. The Morgan fingerprint density at radius 3 is 2.72 bits per heavy atom. The zero-order valence-electron chi connectivity index (χ0n) is 9.02. The Morgan fingerprint density at radius 2 is 2.28 bits per heavy atom. The molecule has 0 aliphatic heterocycles. The van der Waals surface area contributed by atoms with Gasteiger partial charge in [0.2, 0.25) is 5.69 Å². The third kappa shape index (κ3) is 3.09. The van der Waals surface area contributed by atoms with Crippen molar-refractivity contribution in [3.63, 3.8) is 0 Å². The van der Waals surface area contributed by atoms with Gasteiger partial charge in [-0.25, -0.2) is 18.6 Å². The average molecular weight is 372 g/mol. The van der Waals surface area contributed by atoms with Gasteiger partial charge in [0, 0.05) is 9.64 Å². The molecule has 0 aromatic carbocycles. The first-order valence-corrected chi connectivity index (χ1v) is 5.76. The van der Waals surface area contributed by atoms with E-state index in [1.807, 2.05) is 0 Å². The molecule has 1 aromatic rings. The standard InChI is InChI=1S/C9H7F2IN2O4/c1-2-18-9(15)7-5(14(16)17)3-4(12)6(13-7)8(10)11/h3,8H,2H2,1H3. The van der Waals surface area contributed by atoms with E-state index in [4.69, 9.17) is 0 Å². The van der Waals surface area contributed by atoms with Gasteiger partial charge in [-0.2, -0.15) is 0 Å². The van der Waals surface area contributed by atoms with Crippen LogP contribution in [0.15, 0.2) is 6.07 Å². The number of ether oxygens (including phenoxy) is 1. The van der Waals surface area contributed by atoms with Crippen molar-refractivity contribution in [2.75, 3.05) is 6.61 Å². The van der Waals surface area contributed by atoms with Crippen LogP contribution in [0.25, 0.3) is 0 Å². The third-order valence-corrected chi connectivity index (χ3v) is 2.72. The first-order chi connectivity index (χ1) is 8.38. The van der Waals surface area contributed by atoms with E-state index < -0.39 is 34.4 Å². The molecule has 18 heavy (non-hydrogen) atoms. The normalized spacial score (nSPS) is 10.5. The zero-order valence-corrected chi connectivity index (χ0v) is 11.2. The van der Waals surface area contributed by atoms with Gasteiger partial charge >= 0.3 is 11.7 Å². The summed E-state index contributed by atoms with van der Waals surface area (Å²) < 4.78 is 29.7. The minimum Gasteiger partial charge on any atom is -0.461 e. The summed E-state index contributed by atoms with van der Waals surface area (Å²) in [4.78, 5) is 24.6. The van der Waals surface area contributed by atoms with Gasteiger partial charge in [0.05, 0.1) is 11.5 Å².